The summed E-state index contributed by atoms with van der Waals surface area (Å²) < 4.78 is 56.3. The van der Waals surface area contributed by atoms with E-state index in [1.54, 1.807) is 0 Å². The van der Waals surface area contributed by atoms with Gasteiger partial charge in [0.1, 0.15) is 12.3 Å². The summed E-state index contributed by atoms with van der Waals surface area (Å²) in [6, 6.07) is -1.68. The minimum atomic E-state index is -5.46. The first kappa shape index (κ1) is 95.2. The average Bonchev–Trinajstić information content (AvgIpc) is 0.781. The van der Waals surface area contributed by atoms with Gasteiger partial charge in [0.2, 0.25) is 11.8 Å². The Morgan fingerprint density at radius 1 is 0.430 bits per heavy atom. The lowest BCUT2D eigenvalue weighted by Gasteiger charge is -2.38. The highest BCUT2D eigenvalue weighted by Crippen LogP contribution is 2.43. The largest absolute Gasteiger partial charge is 0.480 e. The van der Waals surface area contributed by atoms with E-state index < -0.39 is 99.1 Å². The van der Waals surface area contributed by atoms with Gasteiger partial charge in [0, 0.05) is 19.8 Å². The molecule has 0 saturated heterocycles. The van der Waals surface area contributed by atoms with Crippen molar-refractivity contribution in [3.8, 4) is 0 Å². The molecule has 1 aliphatic rings. The zero-order chi connectivity index (χ0) is 73.2. The zero-order valence-corrected chi connectivity index (χ0v) is 65.9. The number of carbonyl (C=O) groups is 4. The second-order valence-corrected chi connectivity index (χ2v) is 30.4. The third-order valence-corrected chi connectivity index (χ3v) is 20.1. The van der Waals surface area contributed by atoms with Crippen LogP contribution < -0.4 is 10.6 Å². The van der Waals surface area contributed by atoms with Crippen LogP contribution in [0.25, 0.3) is 0 Å². The molecule has 2 amide bonds. The van der Waals surface area contributed by atoms with E-state index >= 15 is 0 Å². The number of phosphoric ester groups is 1. The standard InChI is InChI=1S/C81H155N2O16P/c1-7-13-19-25-31-37-40-46-52-58-69(93-61-55-49-43-34-28-22-16-10-4)64-74(85)82-72(80(88)89)68-96-81-77(83-75(86)65-70(59-53-47-41-38-32-26-20-14-8-2)94-62-56-50-44-35-29-23-17-11-5)79(78(73(67-84)97-81)99-100(90,91)92)98-76(87)66-71(60-54-48-42-39-33-27-21-15-9-3)95-63-57-51-45-36-30-24-18-12-6/h69-73,78-79,84H,7-68H2,1-6H3,(H,82,85)(H,83,86)(H,88,89)(H2,90,91,92)/t69-,70-,71-,72+,73?,78-,79?/m1/s1. The lowest BCUT2D eigenvalue weighted by Crippen LogP contribution is -2.53. The van der Waals surface area contributed by atoms with E-state index in [1.807, 2.05) is 0 Å². The average molecular weight is 1440 g/mol. The summed E-state index contributed by atoms with van der Waals surface area (Å²) in [5.74, 6) is -4.05. The normalized spacial score (nSPS) is 16.1. The molecule has 100 heavy (non-hydrogen) atoms. The van der Waals surface area contributed by atoms with Crippen molar-refractivity contribution in [2.75, 3.05) is 33.0 Å². The number of carboxylic acids is 1. The predicted octanol–water partition coefficient (Wildman–Crippen LogP) is 21.1. The van der Waals surface area contributed by atoms with Gasteiger partial charge in [0.25, 0.3) is 0 Å². The minimum Gasteiger partial charge on any atom is -0.480 e. The Hall–Kier alpha value is -2.83. The van der Waals surface area contributed by atoms with E-state index in [0.29, 0.717) is 39.1 Å². The Bertz CT molecular complexity index is 1930. The van der Waals surface area contributed by atoms with Crippen LogP contribution in [0.1, 0.15) is 408 Å². The molecule has 1 heterocycles. The molecule has 0 aliphatic carbocycles. The SMILES string of the molecule is CCCCCCCCCCC[C@H](CC(=O)NC1=C(OC[C@H](NC(=O)C[C@@H](CCCCCCCCCCC)OCCCCCCCCCC)C(=O)O)OC(CO)[C@@H](OP(=O)(O)O)C1OC(=O)C[C@@H](CCCCCCCCCCC)OCCCCCCCCCC)OCCCCCCCCCC. The Morgan fingerprint density at radius 3 is 1.04 bits per heavy atom. The highest BCUT2D eigenvalue weighted by molar-refractivity contribution is 7.46. The van der Waals surface area contributed by atoms with E-state index in [4.69, 9.17) is 32.9 Å². The van der Waals surface area contributed by atoms with Gasteiger partial charge in [-0.2, -0.15) is 0 Å². The molecule has 0 radical (unpaired) electrons. The number of carboxylic acid groups (broad SMARTS) is 1. The topological polar surface area (TPSA) is 255 Å². The molecule has 6 N–H and O–H groups in total. The van der Waals surface area contributed by atoms with Gasteiger partial charge >= 0.3 is 25.7 Å². The van der Waals surface area contributed by atoms with E-state index in [2.05, 4.69) is 52.2 Å². The molecule has 0 aromatic carbocycles. The van der Waals surface area contributed by atoms with E-state index in [1.165, 1.54) is 180 Å². The third kappa shape index (κ3) is 55.6. The van der Waals surface area contributed by atoms with Gasteiger partial charge in [-0.25, -0.2) is 9.36 Å². The Kier molecular flexibility index (Phi) is 64.7. The molecule has 7 atom stereocenters. The zero-order valence-electron chi connectivity index (χ0n) is 65.0. The molecule has 0 aromatic rings. The quantitative estimate of drug-likeness (QED) is 0.0188. The molecule has 590 valence electrons. The van der Waals surface area contributed by atoms with Crippen molar-refractivity contribution < 1.29 is 76.7 Å². The van der Waals surface area contributed by atoms with Crippen molar-refractivity contribution in [1.29, 1.82) is 0 Å². The number of rotatable bonds is 76. The predicted molar refractivity (Wildman–Crippen MR) is 406 cm³/mol. The van der Waals surface area contributed by atoms with Crippen molar-refractivity contribution >= 4 is 31.6 Å². The van der Waals surface area contributed by atoms with E-state index in [9.17, 15) is 43.7 Å². The number of hydrogen-bond donors (Lipinski definition) is 6. The second-order valence-electron chi connectivity index (χ2n) is 29.2. The summed E-state index contributed by atoms with van der Waals surface area (Å²) in [4.78, 5) is 77.6. The summed E-state index contributed by atoms with van der Waals surface area (Å²) >= 11 is 0. The van der Waals surface area contributed by atoms with Gasteiger partial charge in [0.15, 0.2) is 24.4 Å². The summed E-state index contributed by atoms with van der Waals surface area (Å²) in [6.07, 6.45) is 51.3. The molecule has 0 spiro atoms. The van der Waals surface area contributed by atoms with Crippen molar-refractivity contribution in [1.82, 2.24) is 10.6 Å². The number of aliphatic carboxylic acids is 1. The molecule has 18 nitrogen and oxygen atoms in total. The molecule has 0 saturated carbocycles. The van der Waals surface area contributed by atoms with E-state index in [0.717, 1.165) is 148 Å². The lowest BCUT2D eigenvalue weighted by molar-refractivity contribution is -0.174. The summed E-state index contributed by atoms with van der Waals surface area (Å²) in [7, 11) is -5.46. The Balaban J connectivity index is 3.80. The number of nitrogens with one attached hydrogen (secondary N) is 2. The first-order valence-electron chi connectivity index (χ1n) is 41.9. The summed E-state index contributed by atoms with van der Waals surface area (Å²) in [6.45, 7) is 12.9. The number of esters is 1. The van der Waals surface area contributed by atoms with Crippen LogP contribution in [0, 0.1) is 0 Å². The maximum Gasteiger partial charge on any atom is 0.470 e. The van der Waals surface area contributed by atoms with Crippen LogP contribution in [0.15, 0.2) is 11.6 Å². The van der Waals surface area contributed by atoms with Crippen LogP contribution in [0.5, 0.6) is 0 Å². The Labute approximate surface area is 611 Å². The molecule has 0 bridgehead atoms. The van der Waals surface area contributed by atoms with Crippen LogP contribution in [-0.2, 0) is 56.7 Å². The number of phosphoric acid groups is 1. The van der Waals surface area contributed by atoms with Gasteiger partial charge in [-0.05, 0) is 38.5 Å². The lowest BCUT2D eigenvalue weighted by atomic mass is 10.0. The molecule has 0 aromatic heterocycles. The first-order chi connectivity index (χ1) is 48.7. The first-order valence-corrected chi connectivity index (χ1v) is 43.4. The van der Waals surface area contributed by atoms with Crippen molar-refractivity contribution in [3.63, 3.8) is 0 Å². The summed E-state index contributed by atoms with van der Waals surface area (Å²) in [5, 5.41) is 27.1. The third-order valence-electron chi connectivity index (χ3n) is 19.6. The highest BCUT2D eigenvalue weighted by atomic mass is 31.2. The minimum absolute atomic E-state index is 0.0887. The van der Waals surface area contributed by atoms with Crippen molar-refractivity contribution in [2.45, 2.75) is 450 Å². The summed E-state index contributed by atoms with van der Waals surface area (Å²) in [5.41, 5.74) is -0.410. The number of hydrogen-bond acceptors (Lipinski definition) is 13. The number of ether oxygens (including phenoxy) is 6. The Morgan fingerprint density at radius 2 is 0.730 bits per heavy atom. The molecule has 19 heteroatoms. The van der Waals surface area contributed by atoms with Gasteiger partial charge in [0.05, 0.1) is 44.2 Å². The molecule has 1 aliphatic heterocycles. The monoisotopic (exact) mass is 1440 g/mol. The van der Waals surface area contributed by atoms with Crippen molar-refractivity contribution in [3.05, 3.63) is 11.6 Å². The molecular weight excluding hydrogens is 1290 g/mol. The molecular formula is C81H155N2O16P. The molecule has 2 unspecified atom stereocenters. The van der Waals surface area contributed by atoms with Crippen LogP contribution in [-0.4, -0.2) is 119 Å². The van der Waals surface area contributed by atoms with Crippen LogP contribution in [0.3, 0.4) is 0 Å². The van der Waals surface area contributed by atoms with Crippen LogP contribution in [0.2, 0.25) is 0 Å². The fourth-order valence-electron chi connectivity index (χ4n) is 13.3. The molecule has 1 rings (SSSR count). The maximum atomic E-state index is 14.8. The number of aliphatic hydroxyl groups is 1. The number of aliphatic hydroxyl groups excluding tert-OH is 1. The maximum absolute atomic E-state index is 14.8. The van der Waals surface area contributed by atoms with Crippen LogP contribution >= 0.6 is 7.82 Å². The van der Waals surface area contributed by atoms with Gasteiger partial charge in [-0.3, -0.25) is 18.9 Å². The van der Waals surface area contributed by atoms with Crippen LogP contribution in [0.4, 0.5) is 0 Å². The van der Waals surface area contributed by atoms with Gasteiger partial charge in [-0.15, -0.1) is 0 Å². The van der Waals surface area contributed by atoms with E-state index in [-0.39, 0.29) is 19.3 Å². The van der Waals surface area contributed by atoms with Crippen molar-refractivity contribution in [2.24, 2.45) is 0 Å². The number of carbonyl (C=O) groups excluding carboxylic acids is 3. The van der Waals surface area contributed by atoms with Gasteiger partial charge < -0.3 is 59.1 Å². The smallest absolute Gasteiger partial charge is 0.470 e. The second kappa shape index (κ2) is 68.0. The fourth-order valence-corrected chi connectivity index (χ4v) is 13.9. The molecule has 0 fully saturated rings. The fraction of sp³-hybridized carbons (Fsp3) is 0.926. The highest BCUT2D eigenvalue weighted by Gasteiger charge is 2.48. The number of amides is 2. The van der Waals surface area contributed by atoms with Gasteiger partial charge in [-0.1, -0.05) is 350 Å². The number of unbranched alkanes of at least 4 members (excludes halogenated alkanes) is 45.